The lowest BCUT2D eigenvalue weighted by Crippen LogP contribution is -2.37. The van der Waals surface area contributed by atoms with Crippen molar-refractivity contribution in [2.45, 2.75) is 65.8 Å². The molecule has 0 spiro atoms. The van der Waals surface area contributed by atoms with E-state index in [-0.39, 0.29) is 0 Å². The molecule has 0 heterocycles. The molecular weight excluding hydrogens is 182 g/mol. The molecule has 0 bridgehead atoms. The van der Waals surface area contributed by atoms with E-state index < -0.39 is 0 Å². The third kappa shape index (κ3) is 4.14. The van der Waals surface area contributed by atoms with Gasteiger partial charge in [-0.05, 0) is 43.6 Å². The van der Waals surface area contributed by atoms with Gasteiger partial charge in [0.25, 0.3) is 0 Å². The van der Waals surface area contributed by atoms with Crippen LogP contribution >= 0.6 is 0 Å². The molecule has 1 aliphatic carbocycles. The molecule has 1 heteroatoms. The van der Waals surface area contributed by atoms with Gasteiger partial charge in [0, 0.05) is 6.04 Å². The highest BCUT2D eigenvalue weighted by Gasteiger charge is 2.29. The molecular formula is C14H29N. The Kier molecular flexibility index (Phi) is 5.66. The van der Waals surface area contributed by atoms with Crippen LogP contribution in [0.3, 0.4) is 0 Å². The fourth-order valence-corrected chi connectivity index (χ4v) is 3.01. The summed E-state index contributed by atoms with van der Waals surface area (Å²) in [6.45, 7) is 10.5. The van der Waals surface area contributed by atoms with Crippen molar-refractivity contribution in [2.75, 3.05) is 6.54 Å². The van der Waals surface area contributed by atoms with E-state index >= 15 is 0 Å². The van der Waals surface area contributed by atoms with Crippen LogP contribution in [0.1, 0.15) is 59.8 Å². The first kappa shape index (κ1) is 13.0. The summed E-state index contributed by atoms with van der Waals surface area (Å²) >= 11 is 0. The van der Waals surface area contributed by atoms with E-state index in [0.29, 0.717) is 0 Å². The number of hydrogen-bond acceptors (Lipinski definition) is 1. The Hall–Kier alpha value is -0.0400. The van der Waals surface area contributed by atoms with Crippen molar-refractivity contribution < 1.29 is 0 Å². The minimum atomic E-state index is 0.787. The highest BCUT2D eigenvalue weighted by Crippen LogP contribution is 2.35. The lowest BCUT2D eigenvalue weighted by Gasteiger charge is -2.28. The quantitative estimate of drug-likeness (QED) is 0.704. The number of rotatable bonds is 6. The maximum absolute atomic E-state index is 3.71. The average Bonchev–Trinajstić information content (AvgIpc) is 2.59. The van der Waals surface area contributed by atoms with Crippen molar-refractivity contribution >= 4 is 0 Å². The van der Waals surface area contributed by atoms with Crippen LogP contribution in [0.15, 0.2) is 0 Å². The normalized spacial score (nSPS) is 28.6. The predicted molar refractivity (Wildman–Crippen MR) is 68.0 cm³/mol. The summed E-state index contributed by atoms with van der Waals surface area (Å²) in [6, 6.07) is 0.787. The molecule has 15 heavy (non-hydrogen) atoms. The van der Waals surface area contributed by atoms with Crippen molar-refractivity contribution in [3.05, 3.63) is 0 Å². The van der Waals surface area contributed by atoms with Gasteiger partial charge in [-0.25, -0.2) is 0 Å². The Morgan fingerprint density at radius 3 is 2.40 bits per heavy atom. The van der Waals surface area contributed by atoms with Gasteiger partial charge in [0.15, 0.2) is 0 Å². The van der Waals surface area contributed by atoms with Gasteiger partial charge in [-0.2, -0.15) is 0 Å². The monoisotopic (exact) mass is 211 g/mol. The Balaban J connectivity index is 2.41. The molecule has 3 unspecified atom stereocenters. The highest BCUT2D eigenvalue weighted by molar-refractivity contribution is 4.84. The zero-order chi connectivity index (χ0) is 11.3. The molecule has 1 aliphatic rings. The summed E-state index contributed by atoms with van der Waals surface area (Å²) in [6.07, 6.45) is 7.11. The van der Waals surface area contributed by atoms with E-state index in [9.17, 15) is 0 Å². The van der Waals surface area contributed by atoms with Crippen LogP contribution in [0, 0.1) is 17.8 Å². The lowest BCUT2D eigenvalue weighted by atomic mass is 9.86. The van der Waals surface area contributed by atoms with Crippen LogP contribution in [0.4, 0.5) is 0 Å². The standard InChI is InChI=1S/C14H29N/c1-5-15-14(10-9-11(2)3)13-8-6-7-12(13)4/h11-15H,5-10H2,1-4H3. The molecule has 0 radical (unpaired) electrons. The first-order valence-corrected chi connectivity index (χ1v) is 6.88. The summed E-state index contributed by atoms with van der Waals surface area (Å²) < 4.78 is 0. The van der Waals surface area contributed by atoms with Gasteiger partial charge in [0.2, 0.25) is 0 Å². The van der Waals surface area contributed by atoms with Crippen LogP contribution in [-0.2, 0) is 0 Å². The van der Waals surface area contributed by atoms with Crippen LogP contribution in [0.5, 0.6) is 0 Å². The summed E-state index contributed by atoms with van der Waals surface area (Å²) in [5, 5.41) is 3.71. The van der Waals surface area contributed by atoms with Gasteiger partial charge >= 0.3 is 0 Å². The highest BCUT2D eigenvalue weighted by atomic mass is 14.9. The van der Waals surface area contributed by atoms with Crippen molar-refractivity contribution in [1.82, 2.24) is 5.32 Å². The first-order chi connectivity index (χ1) is 7.15. The first-order valence-electron chi connectivity index (χ1n) is 6.88. The molecule has 1 N–H and O–H groups in total. The SMILES string of the molecule is CCNC(CCC(C)C)C1CCCC1C. The second kappa shape index (κ2) is 6.52. The molecule has 1 rings (SSSR count). The van der Waals surface area contributed by atoms with Crippen molar-refractivity contribution in [1.29, 1.82) is 0 Å². The zero-order valence-corrected chi connectivity index (χ0v) is 11.1. The van der Waals surface area contributed by atoms with Crippen LogP contribution in [0.25, 0.3) is 0 Å². The van der Waals surface area contributed by atoms with Crippen molar-refractivity contribution in [3.63, 3.8) is 0 Å². The molecule has 0 aliphatic heterocycles. The molecule has 1 fully saturated rings. The average molecular weight is 211 g/mol. The minimum absolute atomic E-state index is 0.787. The number of nitrogens with one attached hydrogen (secondary N) is 1. The molecule has 0 aromatic heterocycles. The maximum Gasteiger partial charge on any atom is 0.00978 e. The molecule has 0 saturated heterocycles. The predicted octanol–water partition coefficient (Wildman–Crippen LogP) is 3.84. The molecule has 90 valence electrons. The third-order valence-corrected chi connectivity index (χ3v) is 3.97. The number of hydrogen-bond donors (Lipinski definition) is 1. The van der Waals surface area contributed by atoms with E-state index in [0.717, 1.165) is 30.3 Å². The van der Waals surface area contributed by atoms with Gasteiger partial charge in [-0.15, -0.1) is 0 Å². The fraction of sp³-hybridized carbons (Fsp3) is 1.00. The van der Waals surface area contributed by atoms with Crippen LogP contribution < -0.4 is 5.32 Å². The van der Waals surface area contributed by atoms with Gasteiger partial charge < -0.3 is 5.32 Å². The van der Waals surface area contributed by atoms with Crippen LogP contribution in [0.2, 0.25) is 0 Å². The second-order valence-electron chi connectivity index (χ2n) is 5.71. The van der Waals surface area contributed by atoms with E-state index in [4.69, 9.17) is 0 Å². The van der Waals surface area contributed by atoms with Gasteiger partial charge in [0.05, 0.1) is 0 Å². The zero-order valence-electron chi connectivity index (χ0n) is 11.1. The Bertz CT molecular complexity index is 165. The third-order valence-electron chi connectivity index (χ3n) is 3.97. The lowest BCUT2D eigenvalue weighted by molar-refractivity contribution is 0.274. The van der Waals surface area contributed by atoms with Gasteiger partial charge in [-0.1, -0.05) is 40.5 Å². The minimum Gasteiger partial charge on any atom is -0.314 e. The Morgan fingerprint density at radius 1 is 1.20 bits per heavy atom. The fourth-order valence-electron chi connectivity index (χ4n) is 3.01. The van der Waals surface area contributed by atoms with Crippen LogP contribution in [-0.4, -0.2) is 12.6 Å². The summed E-state index contributed by atoms with van der Waals surface area (Å²) in [5.74, 6) is 2.74. The summed E-state index contributed by atoms with van der Waals surface area (Å²) in [5.41, 5.74) is 0. The van der Waals surface area contributed by atoms with E-state index in [1.807, 2.05) is 0 Å². The molecule has 3 atom stereocenters. The molecule has 1 nitrogen and oxygen atoms in total. The largest absolute Gasteiger partial charge is 0.314 e. The Morgan fingerprint density at radius 2 is 1.93 bits per heavy atom. The van der Waals surface area contributed by atoms with Crippen molar-refractivity contribution in [2.24, 2.45) is 17.8 Å². The molecule has 0 aromatic rings. The van der Waals surface area contributed by atoms with E-state index in [1.54, 1.807) is 0 Å². The smallest absolute Gasteiger partial charge is 0.00978 e. The van der Waals surface area contributed by atoms with Gasteiger partial charge in [-0.3, -0.25) is 0 Å². The molecule has 0 aromatic carbocycles. The molecule has 1 saturated carbocycles. The topological polar surface area (TPSA) is 12.0 Å². The maximum atomic E-state index is 3.71. The summed E-state index contributed by atoms with van der Waals surface area (Å²) in [7, 11) is 0. The second-order valence-corrected chi connectivity index (χ2v) is 5.71. The van der Waals surface area contributed by atoms with Gasteiger partial charge in [0.1, 0.15) is 0 Å². The summed E-state index contributed by atoms with van der Waals surface area (Å²) in [4.78, 5) is 0. The van der Waals surface area contributed by atoms with E-state index in [2.05, 4.69) is 33.0 Å². The Labute approximate surface area is 96.0 Å². The molecule has 0 amide bonds. The van der Waals surface area contributed by atoms with E-state index in [1.165, 1.54) is 32.1 Å². The van der Waals surface area contributed by atoms with Crippen molar-refractivity contribution in [3.8, 4) is 0 Å².